The zero-order chi connectivity index (χ0) is 33.4. The number of benzene rings is 3. The average Bonchev–Trinajstić information content (AvgIpc) is 3.53. The molecule has 240 valence electrons. The minimum atomic E-state index is -0.904. The summed E-state index contributed by atoms with van der Waals surface area (Å²) in [5.41, 5.74) is 6.75. The second-order valence-corrected chi connectivity index (χ2v) is 12.8. The molecule has 0 bridgehead atoms. The molecule has 2 aromatic heterocycles. The number of fused-ring (bicyclic) bond motifs is 1. The van der Waals surface area contributed by atoms with E-state index >= 15 is 0 Å². The minimum Gasteiger partial charge on any atom is -0.496 e. The summed E-state index contributed by atoms with van der Waals surface area (Å²) in [7, 11) is 5.58. The molecule has 0 aliphatic carbocycles. The lowest BCUT2D eigenvalue weighted by Crippen LogP contribution is -2.40. The van der Waals surface area contributed by atoms with Crippen LogP contribution in [0.3, 0.4) is 0 Å². The molecular formula is C37H35ClN4O4S. The molecule has 0 amide bonds. The van der Waals surface area contributed by atoms with Crippen molar-refractivity contribution in [2.45, 2.75) is 26.8 Å². The Kier molecular flexibility index (Phi) is 8.94. The van der Waals surface area contributed by atoms with Crippen molar-refractivity contribution < 1.29 is 14.3 Å². The lowest BCUT2D eigenvalue weighted by atomic mass is 9.92. The summed E-state index contributed by atoms with van der Waals surface area (Å²) in [6, 6.07) is 24.1. The van der Waals surface area contributed by atoms with Gasteiger partial charge in [0.1, 0.15) is 11.8 Å². The Balaban J connectivity index is 1.60. The number of nitrogens with zero attached hydrogens (tertiary/aromatic N) is 4. The number of methoxy groups -OCH3 is 1. The van der Waals surface area contributed by atoms with E-state index in [1.165, 1.54) is 11.3 Å². The fraction of sp³-hybridized carbons (Fsp3) is 0.216. The molecule has 47 heavy (non-hydrogen) atoms. The van der Waals surface area contributed by atoms with Gasteiger partial charge in [-0.25, -0.2) is 9.79 Å². The number of ether oxygens (including phenoxy) is 2. The van der Waals surface area contributed by atoms with E-state index < -0.39 is 12.0 Å². The van der Waals surface area contributed by atoms with Gasteiger partial charge in [-0.3, -0.25) is 9.36 Å². The third-order valence-electron chi connectivity index (χ3n) is 8.24. The average molecular weight is 667 g/mol. The van der Waals surface area contributed by atoms with Crippen LogP contribution in [0.2, 0.25) is 5.02 Å². The van der Waals surface area contributed by atoms with E-state index in [-0.39, 0.29) is 17.7 Å². The van der Waals surface area contributed by atoms with Gasteiger partial charge in [0.05, 0.1) is 29.5 Å². The van der Waals surface area contributed by atoms with Gasteiger partial charge in [0.25, 0.3) is 5.56 Å². The number of anilines is 1. The lowest BCUT2D eigenvalue weighted by Gasteiger charge is -2.27. The number of hydrogen-bond donors (Lipinski definition) is 0. The highest BCUT2D eigenvalue weighted by molar-refractivity contribution is 7.07. The van der Waals surface area contributed by atoms with Gasteiger partial charge in [-0.15, -0.1) is 0 Å². The molecule has 10 heteroatoms. The molecule has 3 aromatic carbocycles. The maximum atomic E-state index is 14.5. The number of esters is 1. The van der Waals surface area contributed by atoms with Crippen LogP contribution in [0.25, 0.3) is 17.5 Å². The molecule has 6 rings (SSSR count). The van der Waals surface area contributed by atoms with Gasteiger partial charge in [0.15, 0.2) is 4.80 Å². The van der Waals surface area contributed by atoms with Crippen molar-refractivity contribution in [1.29, 1.82) is 0 Å². The first-order chi connectivity index (χ1) is 22.6. The molecule has 0 unspecified atom stereocenters. The van der Waals surface area contributed by atoms with E-state index in [4.69, 9.17) is 26.1 Å². The molecule has 0 N–H and O–H groups in total. The molecule has 0 saturated carbocycles. The largest absolute Gasteiger partial charge is 0.496 e. The molecule has 0 spiro atoms. The molecule has 0 saturated heterocycles. The monoisotopic (exact) mass is 666 g/mol. The lowest BCUT2D eigenvalue weighted by molar-refractivity contribution is -0.138. The Morgan fingerprint density at radius 2 is 1.77 bits per heavy atom. The summed E-state index contributed by atoms with van der Waals surface area (Å²) >= 11 is 7.79. The van der Waals surface area contributed by atoms with Gasteiger partial charge < -0.3 is 18.9 Å². The Bertz CT molecular complexity index is 2200. The molecule has 0 radical (unpaired) electrons. The van der Waals surface area contributed by atoms with E-state index in [2.05, 4.69) is 46.7 Å². The summed E-state index contributed by atoms with van der Waals surface area (Å²) in [5, 5.41) is 0.440. The number of aryl methyl sites for hydroxylation is 1. The predicted molar refractivity (Wildman–Crippen MR) is 189 cm³/mol. The van der Waals surface area contributed by atoms with Crippen molar-refractivity contribution in [3.63, 3.8) is 0 Å². The fourth-order valence-electron chi connectivity index (χ4n) is 6.03. The number of halogens is 1. The van der Waals surface area contributed by atoms with Crippen LogP contribution in [0.15, 0.2) is 94.2 Å². The molecule has 8 nitrogen and oxygen atoms in total. The maximum absolute atomic E-state index is 14.5. The Labute approximate surface area is 282 Å². The zero-order valence-corrected chi connectivity index (χ0v) is 28.6. The normalized spacial score (nSPS) is 14.5. The van der Waals surface area contributed by atoms with Crippen molar-refractivity contribution in [1.82, 2.24) is 9.13 Å². The van der Waals surface area contributed by atoms with Gasteiger partial charge in [-0.05, 0) is 80.9 Å². The Morgan fingerprint density at radius 1 is 1.04 bits per heavy atom. The molecular weight excluding hydrogens is 632 g/mol. The molecule has 1 aliphatic heterocycles. The highest BCUT2D eigenvalue weighted by Gasteiger charge is 2.37. The summed E-state index contributed by atoms with van der Waals surface area (Å²) in [4.78, 5) is 35.7. The summed E-state index contributed by atoms with van der Waals surface area (Å²) in [6.45, 7) is 6.00. The quantitative estimate of drug-likeness (QED) is 0.188. The summed E-state index contributed by atoms with van der Waals surface area (Å²) in [5.74, 6) is -0.0887. The van der Waals surface area contributed by atoms with Crippen molar-refractivity contribution in [3.8, 4) is 11.4 Å². The van der Waals surface area contributed by atoms with Gasteiger partial charge >= 0.3 is 5.97 Å². The fourth-order valence-corrected chi connectivity index (χ4v) is 7.20. The van der Waals surface area contributed by atoms with Crippen molar-refractivity contribution in [2.75, 3.05) is 32.7 Å². The third-order valence-corrected chi connectivity index (χ3v) is 9.46. The smallest absolute Gasteiger partial charge is 0.338 e. The Hall–Kier alpha value is -4.86. The number of carbonyl (C=O) groups is 1. The molecule has 5 aromatic rings. The number of thiazole rings is 1. The van der Waals surface area contributed by atoms with E-state index in [0.29, 0.717) is 31.4 Å². The number of hydrogen-bond acceptors (Lipinski definition) is 7. The van der Waals surface area contributed by atoms with Crippen LogP contribution in [0.5, 0.6) is 5.75 Å². The van der Waals surface area contributed by atoms with Crippen LogP contribution < -0.4 is 24.5 Å². The van der Waals surface area contributed by atoms with Crippen LogP contribution in [-0.4, -0.2) is 42.9 Å². The maximum Gasteiger partial charge on any atom is 0.338 e. The van der Waals surface area contributed by atoms with Gasteiger partial charge in [0.2, 0.25) is 0 Å². The van der Waals surface area contributed by atoms with Crippen LogP contribution >= 0.6 is 22.9 Å². The van der Waals surface area contributed by atoms with Gasteiger partial charge in [-0.2, -0.15) is 0 Å². The highest BCUT2D eigenvalue weighted by atomic mass is 35.5. The van der Waals surface area contributed by atoms with Crippen LogP contribution in [0.4, 0.5) is 5.69 Å². The minimum absolute atomic E-state index is 0.154. The first kappa shape index (κ1) is 32.1. The van der Waals surface area contributed by atoms with E-state index in [1.807, 2.05) is 57.4 Å². The summed E-state index contributed by atoms with van der Waals surface area (Å²) < 4.78 is 15.5. The summed E-state index contributed by atoms with van der Waals surface area (Å²) in [6.07, 6.45) is 1.90. The van der Waals surface area contributed by atoms with Crippen molar-refractivity contribution >= 4 is 46.4 Å². The van der Waals surface area contributed by atoms with Crippen molar-refractivity contribution in [2.24, 2.45) is 4.99 Å². The number of aromatic nitrogens is 2. The second-order valence-electron chi connectivity index (χ2n) is 11.4. The second kappa shape index (κ2) is 13.1. The SMILES string of the molecule is CCOC(=O)C1=C(c2ccccc2)N=c2s/c(=C\c3cc(C)n(-c4ccc(N(C)C)cc4)c3C)c(=O)n2[C@H]1c1cc(Cl)ccc1OC. The number of rotatable bonds is 8. The molecule has 0 fully saturated rings. The van der Waals surface area contributed by atoms with Crippen molar-refractivity contribution in [3.05, 3.63) is 137 Å². The van der Waals surface area contributed by atoms with Gasteiger partial charge in [-0.1, -0.05) is 53.3 Å². The first-order valence-corrected chi connectivity index (χ1v) is 16.4. The Morgan fingerprint density at radius 3 is 2.43 bits per heavy atom. The topological polar surface area (TPSA) is 78.1 Å². The van der Waals surface area contributed by atoms with E-state index in [1.54, 1.807) is 36.8 Å². The van der Waals surface area contributed by atoms with Crippen LogP contribution in [0, 0.1) is 13.8 Å². The third kappa shape index (κ3) is 5.92. The molecule has 1 atom stereocenters. The number of carbonyl (C=O) groups excluding carboxylic acids is 1. The van der Waals surface area contributed by atoms with Gasteiger partial charge in [0, 0.05) is 53.0 Å². The zero-order valence-electron chi connectivity index (χ0n) is 27.1. The van der Waals surface area contributed by atoms with Crippen LogP contribution in [-0.2, 0) is 9.53 Å². The van der Waals surface area contributed by atoms with E-state index in [9.17, 15) is 9.59 Å². The molecule has 1 aliphatic rings. The van der Waals surface area contributed by atoms with Crippen LogP contribution in [0.1, 0.15) is 41.0 Å². The first-order valence-electron chi connectivity index (χ1n) is 15.2. The van der Waals surface area contributed by atoms with E-state index in [0.717, 1.165) is 33.9 Å². The predicted octanol–water partition coefficient (Wildman–Crippen LogP) is 6.07. The molecule has 3 heterocycles. The highest BCUT2D eigenvalue weighted by Crippen LogP contribution is 2.39. The standard InChI is InChI=1S/C37H35ClN4O4S/c1-7-46-36(44)32-33(24-11-9-8-10-12-24)39-37-42(34(32)29-21-26(38)13-18-30(29)45-6)35(43)31(47-37)20-25-19-22(2)41(23(25)3)28-16-14-27(15-17-28)40(4)5/h8-21,34H,7H2,1-6H3/b31-20-/t34-/m0/s1.